The van der Waals surface area contributed by atoms with Gasteiger partial charge in [0.25, 0.3) is 5.91 Å². The number of rotatable bonds is 2. The number of amides is 1. The van der Waals surface area contributed by atoms with Crippen molar-refractivity contribution >= 4 is 33.2 Å². The van der Waals surface area contributed by atoms with Crippen LogP contribution in [0.4, 0.5) is 0 Å². The fourth-order valence-electron chi connectivity index (χ4n) is 2.73. The second-order valence-electron chi connectivity index (χ2n) is 5.14. The molecule has 1 aromatic heterocycles. The van der Waals surface area contributed by atoms with E-state index in [1.807, 2.05) is 30.0 Å². The van der Waals surface area contributed by atoms with Crippen LogP contribution in [0.2, 0.25) is 0 Å². The predicted molar refractivity (Wildman–Crippen MR) is 86.2 cm³/mol. The van der Waals surface area contributed by atoms with E-state index in [-0.39, 0.29) is 11.9 Å². The van der Waals surface area contributed by atoms with Crippen molar-refractivity contribution in [1.82, 2.24) is 4.90 Å². The number of nitrogens with zero attached hydrogens (tertiary/aromatic N) is 1. The molecule has 1 saturated heterocycles. The van der Waals surface area contributed by atoms with Crippen LogP contribution in [0, 0.1) is 6.92 Å². The van der Waals surface area contributed by atoms with E-state index in [2.05, 4.69) is 33.4 Å². The predicted octanol–water partition coefficient (Wildman–Crippen LogP) is 4.80. The van der Waals surface area contributed by atoms with Gasteiger partial charge in [-0.3, -0.25) is 4.79 Å². The van der Waals surface area contributed by atoms with Crippen molar-refractivity contribution in [3.63, 3.8) is 0 Å². The maximum Gasteiger partial charge on any atom is 0.254 e. The highest BCUT2D eigenvalue weighted by Crippen LogP contribution is 2.35. The standard InChI is InChI=1S/C16H16BrNOS/c1-11-10-12(6-7-13(11)17)16(19)18-8-2-4-14(18)15-5-3-9-20-15/h3,5-7,9-10,14H,2,4,8H2,1H3. The molecule has 1 amide bonds. The quantitative estimate of drug-likeness (QED) is 0.762. The number of carbonyl (C=O) groups excluding carboxylic acids is 1. The first-order valence-electron chi connectivity index (χ1n) is 6.77. The SMILES string of the molecule is Cc1cc(C(=O)N2CCCC2c2cccs2)ccc1Br. The van der Waals surface area contributed by atoms with Crippen LogP contribution in [-0.2, 0) is 0 Å². The van der Waals surface area contributed by atoms with Gasteiger partial charge < -0.3 is 4.90 Å². The Kier molecular flexibility index (Phi) is 3.94. The molecule has 3 rings (SSSR count). The molecule has 1 unspecified atom stereocenters. The van der Waals surface area contributed by atoms with Crippen molar-refractivity contribution < 1.29 is 4.79 Å². The molecule has 0 bridgehead atoms. The van der Waals surface area contributed by atoms with Gasteiger partial charge in [0, 0.05) is 21.5 Å². The molecule has 1 atom stereocenters. The Bertz CT molecular complexity index is 623. The summed E-state index contributed by atoms with van der Waals surface area (Å²) in [5, 5.41) is 2.08. The third kappa shape index (κ3) is 2.54. The number of hydrogen-bond acceptors (Lipinski definition) is 2. The Morgan fingerprint density at radius 3 is 2.95 bits per heavy atom. The second kappa shape index (κ2) is 5.70. The van der Waals surface area contributed by atoms with E-state index in [9.17, 15) is 4.79 Å². The van der Waals surface area contributed by atoms with Crippen LogP contribution in [0.3, 0.4) is 0 Å². The molecule has 0 aliphatic carbocycles. The molecular formula is C16H16BrNOS. The maximum atomic E-state index is 12.7. The molecule has 1 aromatic carbocycles. The van der Waals surface area contributed by atoms with Gasteiger partial charge in [0.05, 0.1) is 6.04 Å². The number of halogens is 1. The maximum absolute atomic E-state index is 12.7. The Morgan fingerprint density at radius 2 is 2.25 bits per heavy atom. The number of benzene rings is 1. The fourth-order valence-corrected chi connectivity index (χ4v) is 3.85. The molecule has 20 heavy (non-hydrogen) atoms. The Hall–Kier alpha value is -1.13. The van der Waals surface area contributed by atoms with Gasteiger partial charge in [-0.15, -0.1) is 11.3 Å². The van der Waals surface area contributed by atoms with Gasteiger partial charge >= 0.3 is 0 Å². The van der Waals surface area contributed by atoms with Gasteiger partial charge in [0.1, 0.15) is 0 Å². The minimum atomic E-state index is 0.150. The lowest BCUT2D eigenvalue weighted by Gasteiger charge is -2.24. The third-order valence-electron chi connectivity index (χ3n) is 3.79. The summed E-state index contributed by atoms with van der Waals surface area (Å²) in [4.78, 5) is 16.0. The van der Waals surface area contributed by atoms with Gasteiger partial charge in [0.2, 0.25) is 0 Å². The van der Waals surface area contributed by atoms with Gasteiger partial charge in [-0.1, -0.05) is 22.0 Å². The van der Waals surface area contributed by atoms with E-state index in [0.29, 0.717) is 0 Å². The van der Waals surface area contributed by atoms with E-state index < -0.39 is 0 Å². The minimum Gasteiger partial charge on any atom is -0.331 e. The molecule has 1 aliphatic rings. The number of hydrogen-bond donors (Lipinski definition) is 0. The number of aryl methyl sites for hydroxylation is 1. The zero-order valence-electron chi connectivity index (χ0n) is 11.3. The van der Waals surface area contributed by atoms with Crippen LogP contribution in [0.1, 0.15) is 39.7 Å². The van der Waals surface area contributed by atoms with Gasteiger partial charge in [-0.05, 0) is 55.0 Å². The molecule has 1 fully saturated rings. The van der Waals surface area contributed by atoms with Gasteiger partial charge in [-0.25, -0.2) is 0 Å². The molecule has 2 heterocycles. The van der Waals surface area contributed by atoms with E-state index in [1.54, 1.807) is 11.3 Å². The van der Waals surface area contributed by atoms with Gasteiger partial charge in [-0.2, -0.15) is 0 Å². The van der Waals surface area contributed by atoms with Crippen molar-refractivity contribution in [3.8, 4) is 0 Å². The lowest BCUT2D eigenvalue weighted by molar-refractivity contribution is 0.0738. The first-order valence-corrected chi connectivity index (χ1v) is 8.44. The zero-order valence-corrected chi connectivity index (χ0v) is 13.7. The lowest BCUT2D eigenvalue weighted by Crippen LogP contribution is -2.30. The van der Waals surface area contributed by atoms with Crippen LogP contribution in [0.25, 0.3) is 0 Å². The molecule has 2 nitrogen and oxygen atoms in total. The first kappa shape index (κ1) is 13.8. The Balaban J connectivity index is 1.87. The summed E-state index contributed by atoms with van der Waals surface area (Å²) in [5.41, 5.74) is 1.89. The number of carbonyl (C=O) groups is 1. The summed E-state index contributed by atoms with van der Waals surface area (Å²) < 4.78 is 1.05. The third-order valence-corrected chi connectivity index (χ3v) is 5.65. The second-order valence-corrected chi connectivity index (χ2v) is 6.97. The van der Waals surface area contributed by atoms with Crippen LogP contribution in [0.5, 0.6) is 0 Å². The van der Waals surface area contributed by atoms with Crippen molar-refractivity contribution in [1.29, 1.82) is 0 Å². The largest absolute Gasteiger partial charge is 0.331 e. The van der Waals surface area contributed by atoms with Crippen LogP contribution in [-0.4, -0.2) is 17.4 Å². The summed E-state index contributed by atoms with van der Waals surface area (Å²) in [6.07, 6.45) is 2.16. The Labute approximate surface area is 131 Å². The highest BCUT2D eigenvalue weighted by Gasteiger charge is 2.31. The summed E-state index contributed by atoms with van der Waals surface area (Å²) in [6.45, 7) is 2.87. The highest BCUT2D eigenvalue weighted by atomic mass is 79.9. The average molecular weight is 350 g/mol. The van der Waals surface area contributed by atoms with Gasteiger partial charge in [0.15, 0.2) is 0 Å². The number of likely N-dealkylation sites (tertiary alicyclic amines) is 1. The van der Waals surface area contributed by atoms with Crippen molar-refractivity contribution in [3.05, 3.63) is 56.2 Å². The monoisotopic (exact) mass is 349 g/mol. The van der Waals surface area contributed by atoms with Crippen molar-refractivity contribution in [2.24, 2.45) is 0 Å². The normalized spacial score (nSPS) is 18.5. The molecule has 104 valence electrons. The average Bonchev–Trinajstić information content (AvgIpc) is 3.10. The molecule has 2 aromatic rings. The van der Waals surface area contributed by atoms with Crippen LogP contribution in [0.15, 0.2) is 40.2 Å². The Morgan fingerprint density at radius 1 is 1.40 bits per heavy atom. The van der Waals surface area contributed by atoms with E-state index in [4.69, 9.17) is 0 Å². The molecule has 0 N–H and O–H groups in total. The minimum absolute atomic E-state index is 0.150. The first-order chi connectivity index (χ1) is 9.66. The smallest absolute Gasteiger partial charge is 0.254 e. The van der Waals surface area contributed by atoms with Crippen molar-refractivity contribution in [2.45, 2.75) is 25.8 Å². The number of thiophene rings is 1. The molecule has 0 saturated carbocycles. The summed E-state index contributed by atoms with van der Waals surface area (Å²) >= 11 is 5.22. The van der Waals surface area contributed by atoms with Crippen LogP contribution < -0.4 is 0 Å². The van der Waals surface area contributed by atoms with E-state index >= 15 is 0 Å². The highest BCUT2D eigenvalue weighted by molar-refractivity contribution is 9.10. The summed E-state index contributed by atoms with van der Waals surface area (Å²) in [7, 11) is 0. The lowest BCUT2D eigenvalue weighted by atomic mass is 10.1. The molecule has 1 aliphatic heterocycles. The molecular weight excluding hydrogens is 334 g/mol. The molecule has 0 spiro atoms. The summed E-state index contributed by atoms with van der Waals surface area (Å²) in [5.74, 6) is 0.150. The fraction of sp³-hybridized carbons (Fsp3) is 0.312. The zero-order chi connectivity index (χ0) is 14.1. The molecule has 4 heteroatoms. The summed E-state index contributed by atoms with van der Waals surface area (Å²) in [6, 6.07) is 10.3. The topological polar surface area (TPSA) is 20.3 Å². The van der Waals surface area contributed by atoms with Crippen LogP contribution >= 0.6 is 27.3 Å². The van der Waals surface area contributed by atoms with E-state index in [0.717, 1.165) is 35.0 Å². The van der Waals surface area contributed by atoms with Crippen molar-refractivity contribution in [2.75, 3.05) is 6.54 Å². The molecule has 0 radical (unpaired) electrons. The van der Waals surface area contributed by atoms with E-state index in [1.165, 1.54) is 4.88 Å².